The first-order chi connectivity index (χ1) is 9.65. The lowest BCUT2D eigenvalue weighted by atomic mass is 10.1. The summed E-state index contributed by atoms with van der Waals surface area (Å²) >= 11 is 0. The van der Waals surface area contributed by atoms with Crippen LogP contribution in [0.5, 0.6) is 0 Å². The van der Waals surface area contributed by atoms with Gasteiger partial charge in [-0.3, -0.25) is 14.5 Å². The Balaban J connectivity index is 2.06. The van der Waals surface area contributed by atoms with E-state index in [-0.39, 0.29) is 24.3 Å². The third kappa shape index (κ3) is 3.03. The summed E-state index contributed by atoms with van der Waals surface area (Å²) in [6.45, 7) is 3.44. The van der Waals surface area contributed by atoms with E-state index >= 15 is 0 Å². The molecule has 1 saturated heterocycles. The summed E-state index contributed by atoms with van der Waals surface area (Å²) in [5, 5.41) is 11.5. The number of nitrogens with one attached hydrogen (secondary N) is 1. The molecule has 0 aliphatic carbocycles. The number of hydrogen-bond donors (Lipinski definition) is 1. The van der Waals surface area contributed by atoms with Gasteiger partial charge in [0, 0.05) is 18.7 Å². The van der Waals surface area contributed by atoms with E-state index in [0.717, 1.165) is 0 Å². The van der Waals surface area contributed by atoms with Crippen LogP contribution in [-0.2, 0) is 4.79 Å². The molecule has 5 nitrogen and oxygen atoms in total. The topological polar surface area (TPSA) is 73.2 Å². The number of benzene rings is 1. The van der Waals surface area contributed by atoms with Crippen LogP contribution in [0.1, 0.15) is 29.3 Å². The zero-order chi connectivity index (χ0) is 14.5. The Kier molecular flexibility index (Phi) is 4.49. The van der Waals surface area contributed by atoms with Crippen molar-refractivity contribution in [2.75, 3.05) is 19.6 Å². The number of nitrogens with zero attached hydrogens (tertiary/aromatic N) is 2. The highest BCUT2D eigenvalue weighted by molar-refractivity contribution is 5.98. The van der Waals surface area contributed by atoms with Crippen molar-refractivity contribution in [3.8, 4) is 6.07 Å². The highest BCUT2D eigenvalue weighted by Gasteiger charge is 2.29. The molecule has 1 aliphatic heterocycles. The summed E-state index contributed by atoms with van der Waals surface area (Å²) in [6, 6.07) is 8.37. The highest BCUT2D eigenvalue weighted by Crippen LogP contribution is 2.11. The minimum atomic E-state index is -0.230. The van der Waals surface area contributed by atoms with Gasteiger partial charge < -0.3 is 5.32 Å². The summed E-state index contributed by atoms with van der Waals surface area (Å²) in [7, 11) is 0. The first kappa shape index (κ1) is 14.2. The van der Waals surface area contributed by atoms with E-state index in [9.17, 15) is 9.59 Å². The van der Waals surface area contributed by atoms with E-state index in [2.05, 4.69) is 5.32 Å². The molecule has 1 unspecified atom stereocenters. The summed E-state index contributed by atoms with van der Waals surface area (Å²) in [6.07, 6.45) is 0.687. The van der Waals surface area contributed by atoms with Gasteiger partial charge in [0.1, 0.15) is 0 Å². The van der Waals surface area contributed by atoms with Crippen molar-refractivity contribution in [1.29, 1.82) is 5.26 Å². The van der Waals surface area contributed by atoms with Gasteiger partial charge in [-0.15, -0.1) is 0 Å². The third-order valence-electron chi connectivity index (χ3n) is 3.51. The molecule has 5 heteroatoms. The maximum atomic E-state index is 12.2. The van der Waals surface area contributed by atoms with Crippen molar-refractivity contribution in [2.24, 2.45) is 0 Å². The fraction of sp³-hybridized carbons (Fsp3) is 0.400. The number of nitriles is 1. The number of carbonyl (C=O) groups excluding carboxylic acids is 2. The second kappa shape index (κ2) is 6.31. The summed E-state index contributed by atoms with van der Waals surface area (Å²) in [5.41, 5.74) is 1.11. The molecule has 1 amide bonds. The Morgan fingerprint density at radius 1 is 1.45 bits per heavy atom. The van der Waals surface area contributed by atoms with Gasteiger partial charge in [-0.2, -0.15) is 5.26 Å². The van der Waals surface area contributed by atoms with Crippen LogP contribution in [0.3, 0.4) is 0 Å². The van der Waals surface area contributed by atoms with Crippen LogP contribution >= 0.6 is 0 Å². The molecule has 104 valence electrons. The Morgan fingerprint density at radius 3 is 2.75 bits per heavy atom. The van der Waals surface area contributed by atoms with Gasteiger partial charge in [0.25, 0.3) is 0 Å². The maximum Gasteiger partial charge on any atom is 0.237 e. The number of ketones is 1. The van der Waals surface area contributed by atoms with Gasteiger partial charge in [-0.1, -0.05) is 19.1 Å². The van der Waals surface area contributed by atoms with Crippen LogP contribution in [0.2, 0.25) is 0 Å². The molecule has 2 rings (SSSR count). The lowest BCUT2D eigenvalue weighted by Crippen LogP contribution is -2.56. The van der Waals surface area contributed by atoms with E-state index in [1.54, 1.807) is 24.3 Å². The van der Waals surface area contributed by atoms with E-state index in [1.165, 1.54) is 0 Å². The van der Waals surface area contributed by atoms with Crippen molar-refractivity contribution in [3.05, 3.63) is 35.4 Å². The van der Waals surface area contributed by atoms with Crippen LogP contribution in [0.25, 0.3) is 0 Å². The number of piperazine rings is 1. The van der Waals surface area contributed by atoms with Crippen LogP contribution in [-0.4, -0.2) is 42.3 Å². The standard InChI is InChI=1S/C15H17N3O2/c1-2-13-15(20)17-7-8-18(13)10-14(19)12-5-3-11(9-16)4-6-12/h3-6,13H,2,7-8,10H2,1H3,(H,17,20). The van der Waals surface area contributed by atoms with Crippen molar-refractivity contribution in [1.82, 2.24) is 10.2 Å². The van der Waals surface area contributed by atoms with E-state index in [0.29, 0.717) is 30.6 Å². The number of amides is 1. The molecule has 1 N–H and O–H groups in total. The molecule has 1 aliphatic rings. The number of rotatable bonds is 4. The lowest BCUT2D eigenvalue weighted by molar-refractivity contribution is -0.128. The zero-order valence-corrected chi connectivity index (χ0v) is 11.4. The smallest absolute Gasteiger partial charge is 0.237 e. The summed E-state index contributed by atoms with van der Waals surface area (Å²) in [4.78, 5) is 25.9. The predicted molar refractivity (Wildman–Crippen MR) is 74.1 cm³/mol. The van der Waals surface area contributed by atoms with E-state index in [1.807, 2.05) is 17.9 Å². The third-order valence-corrected chi connectivity index (χ3v) is 3.51. The lowest BCUT2D eigenvalue weighted by Gasteiger charge is -2.33. The molecule has 1 fully saturated rings. The molecule has 0 radical (unpaired) electrons. The van der Waals surface area contributed by atoms with Crippen LogP contribution < -0.4 is 5.32 Å². The molecule has 0 aromatic heterocycles. The van der Waals surface area contributed by atoms with Crippen molar-refractivity contribution >= 4 is 11.7 Å². The van der Waals surface area contributed by atoms with Gasteiger partial charge in [0.2, 0.25) is 5.91 Å². The summed E-state index contributed by atoms with van der Waals surface area (Å²) in [5.74, 6) is -0.0333. The molecular formula is C15H17N3O2. The average Bonchev–Trinajstić information content (AvgIpc) is 2.47. The Morgan fingerprint density at radius 2 is 2.15 bits per heavy atom. The average molecular weight is 271 g/mol. The summed E-state index contributed by atoms with van der Waals surface area (Å²) < 4.78 is 0. The Bertz CT molecular complexity index is 545. The molecule has 1 aromatic rings. The molecule has 0 bridgehead atoms. The van der Waals surface area contributed by atoms with Gasteiger partial charge in [-0.25, -0.2) is 0 Å². The van der Waals surface area contributed by atoms with Gasteiger partial charge in [0.05, 0.1) is 24.2 Å². The second-order valence-corrected chi connectivity index (χ2v) is 4.80. The number of carbonyl (C=O) groups is 2. The maximum absolute atomic E-state index is 12.2. The SMILES string of the molecule is CCC1C(=O)NCCN1CC(=O)c1ccc(C#N)cc1. The van der Waals surface area contributed by atoms with Gasteiger partial charge >= 0.3 is 0 Å². The zero-order valence-electron chi connectivity index (χ0n) is 11.4. The van der Waals surface area contributed by atoms with Gasteiger partial charge in [0.15, 0.2) is 5.78 Å². The van der Waals surface area contributed by atoms with Gasteiger partial charge in [-0.05, 0) is 18.6 Å². The van der Waals surface area contributed by atoms with Crippen LogP contribution in [0, 0.1) is 11.3 Å². The monoisotopic (exact) mass is 271 g/mol. The number of Topliss-reactive ketones (excluding diaryl/α,β-unsaturated/α-hetero) is 1. The van der Waals surface area contributed by atoms with Crippen molar-refractivity contribution in [3.63, 3.8) is 0 Å². The fourth-order valence-corrected chi connectivity index (χ4v) is 2.40. The molecular weight excluding hydrogens is 254 g/mol. The highest BCUT2D eigenvalue weighted by atomic mass is 16.2. The van der Waals surface area contributed by atoms with Crippen molar-refractivity contribution in [2.45, 2.75) is 19.4 Å². The first-order valence-corrected chi connectivity index (χ1v) is 6.71. The fourth-order valence-electron chi connectivity index (χ4n) is 2.40. The Labute approximate surface area is 118 Å². The van der Waals surface area contributed by atoms with Crippen LogP contribution in [0.4, 0.5) is 0 Å². The predicted octanol–water partition coefficient (Wildman–Crippen LogP) is 0.951. The Hall–Kier alpha value is -2.19. The number of hydrogen-bond acceptors (Lipinski definition) is 4. The van der Waals surface area contributed by atoms with E-state index in [4.69, 9.17) is 5.26 Å². The first-order valence-electron chi connectivity index (χ1n) is 6.71. The normalized spacial score (nSPS) is 19.2. The molecule has 1 heterocycles. The van der Waals surface area contributed by atoms with Crippen LogP contribution in [0.15, 0.2) is 24.3 Å². The quantitative estimate of drug-likeness (QED) is 0.828. The largest absolute Gasteiger partial charge is 0.353 e. The molecule has 20 heavy (non-hydrogen) atoms. The minimum Gasteiger partial charge on any atom is -0.353 e. The molecule has 0 saturated carbocycles. The second-order valence-electron chi connectivity index (χ2n) is 4.80. The van der Waals surface area contributed by atoms with Crippen molar-refractivity contribution < 1.29 is 9.59 Å². The minimum absolute atomic E-state index is 0.00798. The molecule has 1 atom stereocenters. The molecule has 0 spiro atoms. The molecule has 1 aromatic carbocycles. The van der Waals surface area contributed by atoms with E-state index < -0.39 is 0 Å².